The van der Waals surface area contributed by atoms with E-state index >= 15 is 0 Å². The van der Waals surface area contributed by atoms with Gasteiger partial charge in [-0.15, -0.1) is 6.42 Å². The number of hydrogen-bond acceptors (Lipinski definition) is 7. The lowest BCUT2D eigenvalue weighted by Gasteiger charge is -2.30. The van der Waals surface area contributed by atoms with Gasteiger partial charge in [0, 0.05) is 17.7 Å². The fourth-order valence-electron chi connectivity index (χ4n) is 5.49. The Bertz CT molecular complexity index is 1900. The van der Waals surface area contributed by atoms with Crippen molar-refractivity contribution in [2.24, 2.45) is 0 Å². The number of oxazole rings is 1. The molecule has 10 nitrogen and oxygen atoms in total. The smallest absolute Gasteiger partial charge is 0.245 e. The number of allylic oxidation sites excluding steroid dienone is 3. The molecule has 0 aliphatic rings. The largest absolute Gasteiger partial charge is 0.436 e. The number of rotatable bonds is 14. The van der Waals surface area contributed by atoms with Crippen molar-refractivity contribution >= 4 is 28.0 Å². The van der Waals surface area contributed by atoms with Gasteiger partial charge in [0.25, 0.3) is 0 Å². The van der Waals surface area contributed by atoms with Crippen LogP contribution in [0.2, 0.25) is 0 Å². The first-order chi connectivity index (χ1) is 22.4. The number of benzene rings is 2. The number of terminal acetylenes is 1. The molecule has 46 heavy (non-hydrogen) atoms. The molecule has 0 spiro atoms. The SMILES string of the molecule is C#CC(=CC=CC)C(C(=O)N(CCC)Cc1nc2ccc(-c3cnc(-c4cccc5[nH]c(CNCCC)nc45)o3)cc2[nH]1)N(C)C. The first-order valence-electron chi connectivity index (χ1n) is 15.7. The molecule has 5 rings (SSSR count). The van der Waals surface area contributed by atoms with E-state index in [-0.39, 0.29) is 5.91 Å². The molecular weight excluding hydrogens is 576 g/mol. The fraction of sp³-hybridized carbons (Fsp3) is 0.333. The van der Waals surface area contributed by atoms with E-state index in [1.54, 1.807) is 6.20 Å². The average molecular weight is 619 g/mol. The van der Waals surface area contributed by atoms with Gasteiger partial charge >= 0.3 is 0 Å². The van der Waals surface area contributed by atoms with Crippen molar-refractivity contribution < 1.29 is 9.21 Å². The molecule has 3 aromatic heterocycles. The number of imidazole rings is 2. The van der Waals surface area contributed by atoms with Gasteiger partial charge in [0.2, 0.25) is 11.8 Å². The maximum Gasteiger partial charge on any atom is 0.245 e. The minimum atomic E-state index is -0.569. The van der Waals surface area contributed by atoms with E-state index in [4.69, 9.17) is 20.8 Å². The lowest BCUT2D eigenvalue weighted by atomic mass is 10.0. The summed E-state index contributed by atoms with van der Waals surface area (Å²) in [5.74, 6) is 5.36. The molecule has 0 radical (unpaired) electrons. The summed E-state index contributed by atoms with van der Waals surface area (Å²) in [4.78, 5) is 38.5. The van der Waals surface area contributed by atoms with Gasteiger partial charge in [-0.1, -0.05) is 38.0 Å². The van der Waals surface area contributed by atoms with Crippen LogP contribution in [-0.4, -0.2) is 73.9 Å². The molecule has 5 aromatic rings. The zero-order chi connectivity index (χ0) is 32.6. The molecule has 0 aliphatic carbocycles. The van der Waals surface area contributed by atoms with Crippen molar-refractivity contribution in [3.63, 3.8) is 0 Å². The third kappa shape index (κ3) is 7.12. The van der Waals surface area contributed by atoms with Crippen molar-refractivity contribution in [3.05, 3.63) is 78.0 Å². The van der Waals surface area contributed by atoms with Gasteiger partial charge in [-0.05, 0) is 76.8 Å². The summed E-state index contributed by atoms with van der Waals surface area (Å²) in [6.07, 6.45) is 15.0. The molecule has 1 unspecified atom stereocenters. The Kier molecular flexibility index (Phi) is 10.5. The second-order valence-electron chi connectivity index (χ2n) is 11.4. The number of nitrogens with zero attached hydrogens (tertiary/aromatic N) is 5. The van der Waals surface area contributed by atoms with Gasteiger partial charge in [0.1, 0.15) is 23.2 Å². The second kappa shape index (κ2) is 14.9. The lowest BCUT2D eigenvalue weighted by molar-refractivity contribution is -0.135. The van der Waals surface area contributed by atoms with E-state index in [0.717, 1.165) is 58.4 Å². The zero-order valence-electron chi connectivity index (χ0n) is 27.2. The monoisotopic (exact) mass is 618 g/mol. The number of carbonyl (C=O) groups excluding carboxylic acids is 1. The molecule has 0 fully saturated rings. The summed E-state index contributed by atoms with van der Waals surface area (Å²) in [5, 5.41) is 3.38. The topological polar surface area (TPSA) is 119 Å². The Hall–Kier alpha value is -4.98. The van der Waals surface area contributed by atoms with Crippen molar-refractivity contribution in [2.75, 3.05) is 27.2 Å². The number of H-pyrrole nitrogens is 2. The summed E-state index contributed by atoms with van der Waals surface area (Å²) >= 11 is 0. The van der Waals surface area contributed by atoms with Crippen LogP contribution in [0.15, 0.2) is 70.8 Å². The minimum Gasteiger partial charge on any atom is -0.436 e. The van der Waals surface area contributed by atoms with Crippen LogP contribution in [0.3, 0.4) is 0 Å². The molecule has 2 aromatic carbocycles. The second-order valence-corrected chi connectivity index (χ2v) is 11.4. The van der Waals surface area contributed by atoms with Crippen molar-refractivity contribution in [2.45, 2.75) is 52.7 Å². The van der Waals surface area contributed by atoms with Crippen LogP contribution in [0.5, 0.6) is 0 Å². The van der Waals surface area contributed by atoms with Gasteiger partial charge in [-0.2, -0.15) is 0 Å². The third-order valence-corrected chi connectivity index (χ3v) is 7.66. The van der Waals surface area contributed by atoms with Crippen molar-refractivity contribution in [1.29, 1.82) is 0 Å². The molecule has 3 N–H and O–H groups in total. The molecule has 10 heteroatoms. The number of fused-ring (bicyclic) bond motifs is 2. The number of amides is 1. The molecular formula is C36H42N8O2. The van der Waals surface area contributed by atoms with E-state index in [2.05, 4.69) is 40.0 Å². The highest BCUT2D eigenvalue weighted by molar-refractivity contribution is 5.90. The average Bonchev–Trinajstić information content (AvgIpc) is 3.80. The summed E-state index contributed by atoms with van der Waals surface area (Å²) in [5.41, 5.74) is 5.71. The van der Waals surface area contributed by atoms with E-state index in [1.165, 1.54) is 0 Å². The van der Waals surface area contributed by atoms with Crippen LogP contribution in [0, 0.1) is 12.3 Å². The number of aromatic nitrogens is 5. The Morgan fingerprint density at radius 2 is 1.93 bits per heavy atom. The van der Waals surface area contributed by atoms with Crippen LogP contribution in [0.4, 0.5) is 0 Å². The quantitative estimate of drug-likeness (QED) is 0.0786. The Balaban J connectivity index is 1.38. The number of para-hydroxylation sites is 1. The van der Waals surface area contributed by atoms with Crippen molar-refractivity contribution in [1.82, 2.24) is 40.0 Å². The van der Waals surface area contributed by atoms with Gasteiger partial charge in [0.15, 0.2) is 5.76 Å². The van der Waals surface area contributed by atoms with Gasteiger partial charge in [0.05, 0.1) is 41.4 Å². The van der Waals surface area contributed by atoms with E-state index < -0.39 is 6.04 Å². The van der Waals surface area contributed by atoms with Crippen LogP contribution in [-0.2, 0) is 17.9 Å². The number of aromatic amines is 2. The van der Waals surface area contributed by atoms with Crippen LogP contribution < -0.4 is 5.32 Å². The van der Waals surface area contributed by atoms with Crippen LogP contribution >= 0.6 is 0 Å². The Labute approximate surface area is 270 Å². The number of carbonyl (C=O) groups is 1. The number of nitrogens with one attached hydrogen (secondary N) is 3. The molecule has 1 atom stereocenters. The first-order valence-corrected chi connectivity index (χ1v) is 15.7. The van der Waals surface area contributed by atoms with Gasteiger partial charge in [-0.3, -0.25) is 9.69 Å². The molecule has 1 amide bonds. The van der Waals surface area contributed by atoms with E-state index in [1.807, 2.05) is 85.4 Å². The predicted molar refractivity (Wildman–Crippen MR) is 184 cm³/mol. The molecule has 3 heterocycles. The lowest BCUT2D eigenvalue weighted by Crippen LogP contribution is -2.47. The van der Waals surface area contributed by atoms with Crippen LogP contribution in [0.1, 0.15) is 45.3 Å². The Morgan fingerprint density at radius 3 is 2.67 bits per heavy atom. The summed E-state index contributed by atoms with van der Waals surface area (Å²) < 4.78 is 6.27. The molecule has 0 saturated heterocycles. The standard InChI is InChI=1S/C36H42N8O2/c1-7-11-13-24(10-4)34(43(5)6)36(45)44(19-9-3)23-32-39-27-17-16-25(20-29(27)41-32)30-21-38-35(46-30)26-14-12-15-28-33(26)42-31(40-28)22-37-18-8-2/h4,7,11-17,20-21,34,37H,8-9,18-19,22-23H2,1-3,5-6H3,(H,39,41)(H,40,42). The molecule has 0 saturated carbocycles. The molecule has 0 bridgehead atoms. The highest BCUT2D eigenvalue weighted by atomic mass is 16.4. The number of likely N-dealkylation sites (N-methyl/N-ethyl adjacent to an activating group) is 1. The highest BCUT2D eigenvalue weighted by Crippen LogP contribution is 2.31. The summed E-state index contributed by atoms with van der Waals surface area (Å²) in [7, 11) is 3.73. The number of hydrogen-bond donors (Lipinski definition) is 3. The molecule has 238 valence electrons. The van der Waals surface area contributed by atoms with Crippen molar-refractivity contribution in [3.8, 4) is 35.1 Å². The third-order valence-electron chi connectivity index (χ3n) is 7.66. The zero-order valence-corrected chi connectivity index (χ0v) is 27.2. The maximum absolute atomic E-state index is 13.8. The highest BCUT2D eigenvalue weighted by Gasteiger charge is 2.29. The Morgan fingerprint density at radius 1 is 1.11 bits per heavy atom. The minimum absolute atomic E-state index is 0.0628. The maximum atomic E-state index is 13.8. The predicted octanol–water partition coefficient (Wildman–Crippen LogP) is 6.07. The van der Waals surface area contributed by atoms with Crippen LogP contribution in [0.25, 0.3) is 44.8 Å². The molecule has 0 aliphatic heterocycles. The first kappa shape index (κ1) is 32.4. The van der Waals surface area contributed by atoms with Gasteiger partial charge < -0.3 is 24.6 Å². The summed E-state index contributed by atoms with van der Waals surface area (Å²) in [6.45, 7) is 8.62. The van der Waals surface area contributed by atoms with Gasteiger partial charge in [-0.25, -0.2) is 15.0 Å². The van der Waals surface area contributed by atoms with E-state index in [9.17, 15) is 4.79 Å². The fourth-order valence-corrected chi connectivity index (χ4v) is 5.49. The normalized spacial score (nSPS) is 12.8. The summed E-state index contributed by atoms with van der Waals surface area (Å²) in [6, 6.07) is 11.3. The van der Waals surface area contributed by atoms with E-state index in [0.29, 0.717) is 42.7 Å².